The number of halogens is 1. The van der Waals surface area contributed by atoms with Crippen LogP contribution in [0.2, 0.25) is 0 Å². The molecule has 0 aromatic carbocycles. The van der Waals surface area contributed by atoms with Crippen LogP contribution in [-0.4, -0.2) is 62.8 Å². The van der Waals surface area contributed by atoms with Gasteiger partial charge in [0.15, 0.2) is 0 Å². The van der Waals surface area contributed by atoms with Crippen LogP contribution in [0.25, 0.3) is 0 Å². The first-order valence-corrected chi connectivity index (χ1v) is 9.34. The zero-order valence-electron chi connectivity index (χ0n) is 14.1. The van der Waals surface area contributed by atoms with Gasteiger partial charge in [-0.1, -0.05) is 11.8 Å². The number of rotatable bonds is 9. The van der Waals surface area contributed by atoms with Gasteiger partial charge in [0.2, 0.25) is 5.88 Å². The molecule has 1 aliphatic carbocycles. The molecule has 3 rings (SSSR count). The molecule has 25 heavy (non-hydrogen) atoms. The first kappa shape index (κ1) is 18.6. The van der Waals surface area contributed by atoms with Gasteiger partial charge >= 0.3 is 0 Å². The second-order valence-electron chi connectivity index (χ2n) is 6.02. The lowest BCUT2D eigenvalue weighted by molar-refractivity contribution is -0.0508. The molecule has 1 aromatic heterocycles. The van der Waals surface area contributed by atoms with E-state index in [9.17, 15) is 0 Å². The minimum absolute atomic E-state index is 0.181. The lowest BCUT2D eigenvalue weighted by Crippen LogP contribution is -2.48. The van der Waals surface area contributed by atoms with Gasteiger partial charge in [-0.2, -0.15) is 0 Å². The quantitative estimate of drug-likeness (QED) is 0.494. The number of aromatic nitrogens is 1. The number of hydrogen-bond acceptors (Lipinski definition) is 6. The van der Waals surface area contributed by atoms with Crippen LogP contribution in [0.5, 0.6) is 5.88 Å². The Morgan fingerprint density at radius 3 is 2.60 bits per heavy atom. The molecule has 0 atom stereocenters. The third-order valence-corrected chi connectivity index (χ3v) is 4.52. The van der Waals surface area contributed by atoms with E-state index in [1.54, 1.807) is 6.20 Å². The number of nitrogens with one attached hydrogen (secondary N) is 1. The van der Waals surface area contributed by atoms with Gasteiger partial charge in [-0.3, -0.25) is 0 Å². The molecule has 0 spiro atoms. The van der Waals surface area contributed by atoms with Gasteiger partial charge < -0.3 is 24.3 Å². The standard InChI is InChI=1S/C18H23BrN2O4/c19-14-3-4-18(21-11-14)25-16-9-15(10-16)23-6-2-1-5-22-7-8-24-17-12-20-13-17/h3-4,11,15-17,20H,5-10,12-13H2/t15-,16-. The summed E-state index contributed by atoms with van der Waals surface area (Å²) in [6.45, 7) is 3.95. The summed E-state index contributed by atoms with van der Waals surface area (Å²) in [6, 6.07) is 3.78. The summed E-state index contributed by atoms with van der Waals surface area (Å²) in [4.78, 5) is 4.20. The molecule has 0 amide bonds. The first-order chi connectivity index (χ1) is 12.3. The highest BCUT2D eigenvalue weighted by Crippen LogP contribution is 2.27. The predicted octanol–water partition coefficient (Wildman–Crippen LogP) is 1.78. The molecule has 2 aliphatic rings. The maximum Gasteiger partial charge on any atom is 0.213 e. The Hall–Kier alpha value is -1.17. The fraction of sp³-hybridized carbons (Fsp3) is 0.611. The van der Waals surface area contributed by atoms with E-state index in [2.05, 4.69) is 38.1 Å². The summed E-state index contributed by atoms with van der Waals surface area (Å²) >= 11 is 3.35. The minimum atomic E-state index is 0.181. The molecule has 136 valence electrons. The molecule has 7 heteroatoms. The molecule has 2 fully saturated rings. The molecule has 0 radical (unpaired) electrons. The molecule has 1 aliphatic heterocycles. The largest absolute Gasteiger partial charge is 0.474 e. The molecule has 1 saturated carbocycles. The summed E-state index contributed by atoms with van der Waals surface area (Å²) in [6.07, 6.45) is 4.25. The first-order valence-electron chi connectivity index (χ1n) is 8.55. The molecule has 0 bridgehead atoms. The molecule has 1 N–H and O–H groups in total. The van der Waals surface area contributed by atoms with Crippen molar-refractivity contribution in [1.29, 1.82) is 0 Å². The number of nitrogens with zero attached hydrogens (tertiary/aromatic N) is 1. The number of hydrogen-bond donors (Lipinski definition) is 1. The Labute approximate surface area is 156 Å². The van der Waals surface area contributed by atoms with Crippen molar-refractivity contribution in [1.82, 2.24) is 10.3 Å². The van der Waals surface area contributed by atoms with Crippen molar-refractivity contribution in [3.8, 4) is 17.7 Å². The van der Waals surface area contributed by atoms with Gasteiger partial charge in [0.25, 0.3) is 0 Å². The monoisotopic (exact) mass is 410 g/mol. The van der Waals surface area contributed by atoms with Crippen LogP contribution in [0, 0.1) is 11.8 Å². The summed E-state index contributed by atoms with van der Waals surface area (Å²) < 4.78 is 23.3. The van der Waals surface area contributed by atoms with E-state index in [0.717, 1.165) is 30.4 Å². The Kier molecular flexibility index (Phi) is 7.52. The number of pyridine rings is 1. The highest BCUT2D eigenvalue weighted by Gasteiger charge is 2.31. The van der Waals surface area contributed by atoms with Crippen LogP contribution < -0.4 is 10.1 Å². The van der Waals surface area contributed by atoms with Gasteiger partial charge in [-0.25, -0.2) is 4.98 Å². The van der Waals surface area contributed by atoms with Crippen LogP contribution in [0.3, 0.4) is 0 Å². The summed E-state index contributed by atoms with van der Waals surface area (Å²) in [5, 5.41) is 3.16. The highest BCUT2D eigenvalue weighted by atomic mass is 79.9. The maximum absolute atomic E-state index is 5.76. The molecule has 0 unspecified atom stereocenters. The van der Waals surface area contributed by atoms with E-state index < -0.39 is 0 Å². The molecule has 6 nitrogen and oxygen atoms in total. The van der Waals surface area contributed by atoms with Crippen molar-refractivity contribution in [3.05, 3.63) is 22.8 Å². The smallest absolute Gasteiger partial charge is 0.213 e. The maximum atomic E-state index is 5.76. The van der Waals surface area contributed by atoms with Crippen molar-refractivity contribution in [2.45, 2.75) is 31.2 Å². The van der Waals surface area contributed by atoms with Crippen LogP contribution in [-0.2, 0) is 14.2 Å². The Balaban J connectivity index is 1.15. The number of ether oxygens (including phenoxy) is 4. The minimum Gasteiger partial charge on any atom is -0.474 e. The van der Waals surface area contributed by atoms with Gasteiger partial charge in [-0.15, -0.1) is 0 Å². The van der Waals surface area contributed by atoms with Gasteiger partial charge in [0.1, 0.15) is 19.3 Å². The topological polar surface area (TPSA) is 61.8 Å². The van der Waals surface area contributed by atoms with E-state index >= 15 is 0 Å². The van der Waals surface area contributed by atoms with Crippen molar-refractivity contribution < 1.29 is 18.9 Å². The normalized spacial score (nSPS) is 22.4. The van der Waals surface area contributed by atoms with Crippen LogP contribution >= 0.6 is 15.9 Å². The van der Waals surface area contributed by atoms with Crippen LogP contribution in [0.15, 0.2) is 22.8 Å². The fourth-order valence-corrected chi connectivity index (χ4v) is 2.63. The average Bonchev–Trinajstić information content (AvgIpc) is 2.54. The summed E-state index contributed by atoms with van der Waals surface area (Å²) in [5.74, 6) is 6.58. The van der Waals surface area contributed by atoms with Crippen LogP contribution in [0.4, 0.5) is 0 Å². The van der Waals surface area contributed by atoms with E-state index in [-0.39, 0.29) is 12.2 Å². The molecule has 2 heterocycles. The van der Waals surface area contributed by atoms with Crippen molar-refractivity contribution >= 4 is 15.9 Å². The van der Waals surface area contributed by atoms with Crippen molar-refractivity contribution in [2.24, 2.45) is 0 Å². The third kappa shape index (κ3) is 6.57. The molecular weight excluding hydrogens is 388 g/mol. The summed E-state index contributed by atoms with van der Waals surface area (Å²) in [5.41, 5.74) is 0. The Morgan fingerprint density at radius 1 is 1.04 bits per heavy atom. The van der Waals surface area contributed by atoms with E-state index in [1.807, 2.05) is 12.1 Å². The third-order valence-electron chi connectivity index (χ3n) is 4.05. The zero-order valence-corrected chi connectivity index (χ0v) is 15.7. The molecule has 1 aromatic rings. The second-order valence-corrected chi connectivity index (χ2v) is 6.93. The van der Waals surface area contributed by atoms with E-state index in [0.29, 0.717) is 38.4 Å². The van der Waals surface area contributed by atoms with Gasteiger partial charge in [0.05, 0.1) is 25.4 Å². The van der Waals surface area contributed by atoms with E-state index in [4.69, 9.17) is 18.9 Å². The van der Waals surface area contributed by atoms with E-state index in [1.165, 1.54) is 0 Å². The second kappa shape index (κ2) is 10.1. The highest BCUT2D eigenvalue weighted by molar-refractivity contribution is 9.10. The lowest BCUT2D eigenvalue weighted by atomic mass is 9.92. The SMILES string of the molecule is Brc1ccc(O[C@H]2C[C@H](OCC#CCOCCOC3CNC3)C2)nc1. The molecular formula is C18H23BrN2O4. The molecule has 1 saturated heterocycles. The van der Waals surface area contributed by atoms with Gasteiger partial charge in [-0.05, 0) is 22.0 Å². The Morgan fingerprint density at radius 2 is 1.88 bits per heavy atom. The Bertz CT molecular complexity index is 577. The predicted molar refractivity (Wildman–Crippen MR) is 96.5 cm³/mol. The van der Waals surface area contributed by atoms with Crippen LogP contribution in [0.1, 0.15) is 12.8 Å². The summed E-state index contributed by atoms with van der Waals surface area (Å²) in [7, 11) is 0. The average molecular weight is 411 g/mol. The zero-order chi connectivity index (χ0) is 17.3. The fourth-order valence-electron chi connectivity index (χ4n) is 2.39. The lowest BCUT2D eigenvalue weighted by Gasteiger charge is -2.34. The van der Waals surface area contributed by atoms with Crippen molar-refractivity contribution in [2.75, 3.05) is 39.5 Å². The van der Waals surface area contributed by atoms with Gasteiger partial charge in [0, 0.05) is 42.7 Å². The van der Waals surface area contributed by atoms with Crippen molar-refractivity contribution in [3.63, 3.8) is 0 Å².